The molecule has 2 rings (SSSR count). The highest BCUT2D eigenvalue weighted by atomic mass is 16.5. The molecule has 0 atom stereocenters. The second-order valence-electron chi connectivity index (χ2n) is 6.16. The quantitative estimate of drug-likeness (QED) is 0.605. The summed E-state index contributed by atoms with van der Waals surface area (Å²) in [5.74, 6) is 0.796. The Balaban J connectivity index is 2.03. The number of ether oxygens (including phenoxy) is 1. The number of nitrogens with zero attached hydrogens (tertiary/aromatic N) is 1. The number of carbonyl (C=O) groups is 1. The van der Waals surface area contributed by atoms with Crippen molar-refractivity contribution in [3.05, 3.63) is 65.7 Å². The maximum atomic E-state index is 12.4. The molecule has 0 unspecified atom stereocenters. The molecule has 4 nitrogen and oxygen atoms in total. The van der Waals surface area contributed by atoms with Crippen LogP contribution in [0.1, 0.15) is 43.1 Å². The van der Waals surface area contributed by atoms with Gasteiger partial charge in [-0.1, -0.05) is 56.3 Å². The number of para-hydroxylation sites is 1. The van der Waals surface area contributed by atoms with Gasteiger partial charge in [0.1, 0.15) is 12.4 Å². The van der Waals surface area contributed by atoms with Gasteiger partial charge in [-0.15, -0.1) is 0 Å². The van der Waals surface area contributed by atoms with Crippen LogP contribution in [0.3, 0.4) is 0 Å². The molecule has 0 aliphatic rings. The van der Waals surface area contributed by atoms with Gasteiger partial charge in [-0.05, 0) is 37.0 Å². The first kappa shape index (κ1) is 17.7. The highest BCUT2D eigenvalue weighted by Gasteiger charge is 2.12. The lowest BCUT2D eigenvalue weighted by Crippen LogP contribution is -2.20. The third kappa shape index (κ3) is 5.54. The molecule has 0 spiro atoms. The second kappa shape index (κ2) is 8.87. The van der Waals surface area contributed by atoms with Gasteiger partial charge < -0.3 is 4.74 Å². The zero-order valence-electron chi connectivity index (χ0n) is 14.5. The summed E-state index contributed by atoms with van der Waals surface area (Å²) < 4.78 is 5.81. The normalized spacial score (nSPS) is 11.4. The standard InChI is InChI=1S/C20H24N2O2/c1-15(2)13-16(3)21-22-20(23)18-11-7-8-12-19(18)24-14-17-9-5-4-6-10-17/h4-12,15H,13-14H2,1-3H3,(H,22,23)/b21-16+. The Morgan fingerprint density at radius 1 is 1.08 bits per heavy atom. The maximum absolute atomic E-state index is 12.4. The van der Waals surface area contributed by atoms with E-state index in [-0.39, 0.29) is 5.91 Å². The van der Waals surface area contributed by atoms with E-state index in [1.165, 1.54) is 0 Å². The number of benzene rings is 2. The number of carbonyl (C=O) groups excluding carboxylic acids is 1. The monoisotopic (exact) mass is 324 g/mol. The number of rotatable bonds is 7. The summed E-state index contributed by atoms with van der Waals surface area (Å²) in [6, 6.07) is 17.1. The second-order valence-corrected chi connectivity index (χ2v) is 6.16. The van der Waals surface area contributed by atoms with Gasteiger partial charge in [-0.3, -0.25) is 4.79 Å². The number of hydrogen-bond acceptors (Lipinski definition) is 3. The van der Waals surface area contributed by atoms with Crippen LogP contribution in [-0.4, -0.2) is 11.6 Å². The predicted molar refractivity (Wildman–Crippen MR) is 97.2 cm³/mol. The average molecular weight is 324 g/mol. The van der Waals surface area contributed by atoms with Crippen LogP contribution in [0.5, 0.6) is 5.75 Å². The third-order valence-corrected chi connectivity index (χ3v) is 3.42. The summed E-state index contributed by atoms with van der Waals surface area (Å²) >= 11 is 0. The largest absolute Gasteiger partial charge is 0.488 e. The fraction of sp³-hybridized carbons (Fsp3) is 0.300. The van der Waals surface area contributed by atoms with Crippen molar-refractivity contribution in [2.24, 2.45) is 11.0 Å². The van der Waals surface area contributed by atoms with Crippen molar-refractivity contribution < 1.29 is 9.53 Å². The molecule has 0 saturated heterocycles. The van der Waals surface area contributed by atoms with E-state index in [0.29, 0.717) is 23.8 Å². The lowest BCUT2D eigenvalue weighted by atomic mass is 10.1. The van der Waals surface area contributed by atoms with Gasteiger partial charge in [0.05, 0.1) is 5.56 Å². The van der Waals surface area contributed by atoms with E-state index < -0.39 is 0 Å². The Bertz CT molecular complexity index is 694. The molecular weight excluding hydrogens is 300 g/mol. The van der Waals surface area contributed by atoms with Crippen LogP contribution in [0.4, 0.5) is 0 Å². The molecule has 1 amide bonds. The Labute approximate surface area is 143 Å². The van der Waals surface area contributed by atoms with Crippen LogP contribution >= 0.6 is 0 Å². The highest BCUT2D eigenvalue weighted by Crippen LogP contribution is 2.19. The molecule has 1 N–H and O–H groups in total. The molecule has 2 aromatic carbocycles. The van der Waals surface area contributed by atoms with E-state index in [2.05, 4.69) is 24.4 Å². The molecule has 0 aliphatic carbocycles. The molecule has 0 fully saturated rings. The SMILES string of the molecule is C/C(CC(C)C)=N\NC(=O)c1ccccc1OCc1ccccc1. The van der Waals surface area contributed by atoms with Crippen molar-refractivity contribution in [2.45, 2.75) is 33.8 Å². The van der Waals surface area contributed by atoms with E-state index in [1.807, 2.05) is 49.4 Å². The Morgan fingerprint density at radius 3 is 2.46 bits per heavy atom. The summed E-state index contributed by atoms with van der Waals surface area (Å²) in [6.07, 6.45) is 0.854. The minimum Gasteiger partial charge on any atom is -0.488 e. The van der Waals surface area contributed by atoms with Gasteiger partial charge in [0.15, 0.2) is 0 Å². The van der Waals surface area contributed by atoms with Gasteiger partial charge in [0, 0.05) is 5.71 Å². The fourth-order valence-corrected chi connectivity index (χ4v) is 2.36. The van der Waals surface area contributed by atoms with Crippen LogP contribution in [0.2, 0.25) is 0 Å². The van der Waals surface area contributed by atoms with E-state index in [1.54, 1.807) is 12.1 Å². The summed E-state index contributed by atoms with van der Waals surface area (Å²) in [5.41, 5.74) is 5.05. The van der Waals surface area contributed by atoms with E-state index >= 15 is 0 Å². The molecule has 0 bridgehead atoms. The average Bonchev–Trinajstić information content (AvgIpc) is 2.58. The van der Waals surface area contributed by atoms with E-state index in [4.69, 9.17) is 4.74 Å². The number of amides is 1. The topological polar surface area (TPSA) is 50.7 Å². The highest BCUT2D eigenvalue weighted by molar-refractivity contribution is 5.97. The molecular formula is C20H24N2O2. The first-order valence-corrected chi connectivity index (χ1v) is 8.15. The van der Waals surface area contributed by atoms with Crippen LogP contribution in [0, 0.1) is 5.92 Å². The van der Waals surface area contributed by atoms with Crippen molar-refractivity contribution >= 4 is 11.6 Å². The Morgan fingerprint density at radius 2 is 1.75 bits per heavy atom. The zero-order valence-corrected chi connectivity index (χ0v) is 14.5. The van der Waals surface area contributed by atoms with Crippen molar-refractivity contribution in [1.82, 2.24) is 5.43 Å². The van der Waals surface area contributed by atoms with Gasteiger partial charge in [0.2, 0.25) is 0 Å². The number of hydrogen-bond donors (Lipinski definition) is 1. The van der Waals surface area contributed by atoms with Crippen molar-refractivity contribution in [3.63, 3.8) is 0 Å². The first-order valence-electron chi connectivity index (χ1n) is 8.15. The molecule has 0 saturated carbocycles. The van der Waals surface area contributed by atoms with Crippen molar-refractivity contribution in [2.75, 3.05) is 0 Å². The molecule has 24 heavy (non-hydrogen) atoms. The van der Waals surface area contributed by atoms with Crippen LogP contribution in [0.25, 0.3) is 0 Å². The lowest BCUT2D eigenvalue weighted by Gasteiger charge is -2.11. The van der Waals surface area contributed by atoms with Gasteiger partial charge in [-0.25, -0.2) is 5.43 Å². The van der Waals surface area contributed by atoms with E-state index in [0.717, 1.165) is 17.7 Å². The van der Waals surface area contributed by atoms with Crippen LogP contribution in [0.15, 0.2) is 59.7 Å². The minimum atomic E-state index is -0.262. The summed E-state index contributed by atoms with van der Waals surface area (Å²) in [7, 11) is 0. The maximum Gasteiger partial charge on any atom is 0.275 e. The summed E-state index contributed by atoms with van der Waals surface area (Å²) in [6.45, 7) is 6.57. The van der Waals surface area contributed by atoms with E-state index in [9.17, 15) is 4.79 Å². The minimum absolute atomic E-state index is 0.262. The smallest absolute Gasteiger partial charge is 0.275 e. The zero-order chi connectivity index (χ0) is 17.4. The van der Waals surface area contributed by atoms with Gasteiger partial charge >= 0.3 is 0 Å². The molecule has 0 radical (unpaired) electrons. The fourth-order valence-electron chi connectivity index (χ4n) is 2.36. The first-order chi connectivity index (χ1) is 11.6. The third-order valence-electron chi connectivity index (χ3n) is 3.42. The summed E-state index contributed by atoms with van der Waals surface area (Å²) in [5, 5.41) is 4.16. The van der Waals surface area contributed by atoms with Gasteiger partial charge in [-0.2, -0.15) is 5.10 Å². The predicted octanol–water partition coefficient (Wildman–Crippen LogP) is 4.42. The van der Waals surface area contributed by atoms with Crippen molar-refractivity contribution in [1.29, 1.82) is 0 Å². The molecule has 4 heteroatoms. The number of nitrogens with one attached hydrogen (secondary N) is 1. The molecule has 126 valence electrons. The molecule has 2 aromatic rings. The Hall–Kier alpha value is -2.62. The molecule has 0 heterocycles. The van der Waals surface area contributed by atoms with Crippen molar-refractivity contribution in [3.8, 4) is 5.75 Å². The lowest BCUT2D eigenvalue weighted by molar-refractivity contribution is 0.0950. The van der Waals surface area contributed by atoms with Crippen LogP contribution < -0.4 is 10.2 Å². The molecule has 0 aromatic heterocycles. The number of hydrazone groups is 1. The van der Waals surface area contributed by atoms with Crippen LogP contribution in [-0.2, 0) is 6.61 Å². The molecule has 0 aliphatic heterocycles. The Kier molecular flexibility index (Phi) is 6.55. The summed E-state index contributed by atoms with van der Waals surface area (Å²) in [4.78, 5) is 12.4. The van der Waals surface area contributed by atoms with Gasteiger partial charge in [0.25, 0.3) is 5.91 Å².